The molecule has 0 amide bonds. The van der Waals surface area contributed by atoms with Gasteiger partial charge in [-0.1, -0.05) is 19.9 Å². The molecule has 0 fully saturated rings. The average molecular weight is 112 g/mol. The minimum Gasteiger partial charge on any atom is -0.373 e. The first-order valence-electron chi connectivity index (χ1n) is 3.07. The van der Waals surface area contributed by atoms with E-state index in [0.717, 1.165) is 13.2 Å². The average Bonchev–Trinajstić information content (AvgIpc) is 2.12. The summed E-state index contributed by atoms with van der Waals surface area (Å²) in [6, 6.07) is 0. The highest BCUT2D eigenvalue weighted by atomic mass is 16.5. The standard InChI is InChI=1S/C7H12O/c1-6(2)7-3-4-8-5-7/h3,6H,4-5H2,1-2H3. The zero-order valence-electron chi connectivity index (χ0n) is 5.48. The van der Waals surface area contributed by atoms with Crippen LogP contribution in [0.25, 0.3) is 0 Å². The van der Waals surface area contributed by atoms with E-state index in [9.17, 15) is 0 Å². The van der Waals surface area contributed by atoms with Crippen molar-refractivity contribution in [2.45, 2.75) is 13.8 Å². The molecule has 1 rings (SSSR count). The molecule has 0 N–H and O–H groups in total. The van der Waals surface area contributed by atoms with E-state index in [1.165, 1.54) is 5.57 Å². The van der Waals surface area contributed by atoms with Crippen molar-refractivity contribution in [1.29, 1.82) is 0 Å². The largest absolute Gasteiger partial charge is 0.373 e. The summed E-state index contributed by atoms with van der Waals surface area (Å²) < 4.78 is 5.13. The van der Waals surface area contributed by atoms with Gasteiger partial charge in [-0.05, 0) is 11.5 Å². The van der Waals surface area contributed by atoms with E-state index in [1.54, 1.807) is 0 Å². The maximum absolute atomic E-state index is 5.13. The Hall–Kier alpha value is -0.300. The molecule has 0 aliphatic carbocycles. The van der Waals surface area contributed by atoms with E-state index < -0.39 is 0 Å². The van der Waals surface area contributed by atoms with Gasteiger partial charge in [0.1, 0.15) is 0 Å². The smallest absolute Gasteiger partial charge is 0.0684 e. The third-order valence-electron chi connectivity index (χ3n) is 1.47. The van der Waals surface area contributed by atoms with Gasteiger partial charge in [-0.3, -0.25) is 0 Å². The van der Waals surface area contributed by atoms with Gasteiger partial charge in [0.2, 0.25) is 0 Å². The Morgan fingerprint density at radius 2 is 2.38 bits per heavy atom. The number of hydrogen-bond donors (Lipinski definition) is 0. The summed E-state index contributed by atoms with van der Waals surface area (Å²) in [5, 5.41) is 0. The van der Waals surface area contributed by atoms with Gasteiger partial charge < -0.3 is 4.74 Å². The molecule has 0 bridgehead atoms. The highest BCUT2D eigenvalue weighted by Gasteiger charge is 2.06. The molecular formula is C7H12O. The Balaban J connectivity index is 2.45. The summed E-state index contributed by atoms with van der Waals surface area (Å²) >= 11 is 0. The molecule has 0 aromatic heterocycles. The summed E-state index contributed by atoms with van der Waals surface area (Å²) in [6.07, 6.45) is 2.17. The minimum atomic E-state index is 0.678. The van der Waals surface area contributed by atoms with E-state index in [-0.39, 0.29) is 0 Å². The maximum atomic E-state index is 5.13. The number of rotatable bonds is 1. The highest BCUT2D eigenvalue weighted by Crippen LogP contribution is 2.13. The lowest BCUT2D eigenvalue weighted by atomic mass is 10.1. The van der Waals surface area contributed by atoms with Gasteiger partial charge in [-0.15, -0.1) is 0 Å². The van der Waals surface area contributed by atoms with Gasteiger partial charge in [0.05, 0.1) is 13.2 Å². The Morgan fingerprint density at radius 1 is 1.62 bits per heavy atom. The number of hydrogen-bond acceptors (Lipinski definition) is 1. The fraction of sp³-hybridized carbons (Fsp3) is 0.714. The van der Waals surface area contributed by atoms with Gasteiger partial charge in [0.25, 0.3) is 0 Å². The molecule has 1 heteroatoms. The van der Waals surface area contributed by atoms with Crippen LogP contribution < -0.4 is 0 Å². The summed E-state index contributed by atoms with van der Waals surface area (Å²) in [5.74, 6) is 0.678. The van der Waals surface area contributed by atoms with Crippen LogP contribution in [0.3, 0.4) is 0 Å². The van der Waals surface area contributed by atoms with Gasteiger partial charge in [0, 0.05) is 0 Å². The van der Waals surface area contributed by atoms with Crippen LogP contribution >= 0.6 is 0 Å². The predicted octanol–water partition coefficient (Wildman–Crippen LogP) is 1.60. The van der Waals surface area contributed by atoms with Crippen molar-refractivity contribution in [3.63, 3.8) is 0 Å². The first-order valence-corrected chi connectivity index (χ1v) is 3.07. The second-order valence-corrected chi connectivity index (χ2v) is 2.45. The lowest BCUT2D eigenvalue weighted by Crippen LogP contribution is -1.94. The molecule has 1 heterocycles. The zero-order chi connectivity index (χ0) is 5.98. The number of ether oxygens (including phenoxy) is 1. The molecule has 0 radical (unpaired) electrons. The van der Waals surface area contributed by atoms with Crippen LogP contribution in [0.15, 0.2) is 11.6 Å². The van der Waals surface area contributed by atoms with Crippen LogP contribution in [-0.2, 0) is 4.74 Å². The molecule has 0 saturated carbocycles. The van der Waals surface area contributed by atoms with Crippen LogP contribution in [0.5, 0.6) is 0 Å². The van der Waals surface area contributed by atoms with Crippen molar-refractivity contribution < 1.29 is 4.74 Å². The highest BCUT2D eigenvalue weighted by molar-refractivity contribution is 5.08. The van der Waals surface area contributed by atoms with E-state index in [4.69, 9.17) is 4.74 Å². The lowest BCUT2D eigenvalue weighted by Gasteiger charge is -2.01. The topological polar surface area (TPSA) is 9.23 Å². The molecule has 0 spiro atoms. The molecule has 1 aliphatic heterocycles. The molecule has 0 unspecified atom stereocenters. The monoisotopic (exact) mass is 112 g/mol. The SMILES string of the molecule is CC(C)C1=CCOC1. The molecule has 0 aromatic rings. The summed E-state index contributed by atoms with van der Waals surface area (Å²) in [4.78, 5) is 0. The van der Waals surface area contributed by atoms with Crippen LogP contribution in [0.4, 0.5) is 0 Å². The first kappa shape index (κ1) is 5.83. The van der Waals surface area contributed by atoms with Crippen molar-refractivity contribution in [1.82, 2.24) is 0 Å². The molecule has 0 aromatic carbocycles. The van der Waals surface area contributed by atoms with Crippen molar-refractivity contribution in [2.75, 3.05) is 13.2 Å². The van der Waals surface area contributed by atoms with Crippen molar-refractivity contribution >= 4 is 0 Å². The summed E-state index contributed by atoms with van der Waals surface area (Å²) in [5.41, 5.74) is 1.45. The van der Waals surface area contributed by atoms with Crippen molar-refractivity contribution in [3.8, 4) is 0 Å². The van der Waals surface area contributed by atoms with Crippen LogP contribution in [0.2, 0.25) is 0 Å². The lowest BCUT2D eigenvalue weighted by molar-refractivity contribution is 0.204. The van der Waals surface area contributed by atoms with Crippen LogP contribution in [0, 0.1) is 5.92 Å². The summed E-state index contributed by atoms with van der Waals surface area (Å²) in [7, 11) is 0. The first-order chi connectivity index (χ1) is 3.80. The van der Waals surface area contributed by atoms with Crippen LogP contribution in [0.1, 0.15) is 13.8 Å². The van der Waals surface area contributed by atoms with Gasteiger partial charge in [-0.25, -0.2) is 0 Å². The maximum Gasteiger partial charge on any atom is 0.0684 e. The van der Waals surface area contributed by atoms with Gasteiger partial charge in [-0.2, -0.15) is 0 Å². The van der Waals surface area contributed by atoms with E-state index >= 15 is 0 Å². The van der Waals surface area contributed by atoms with Crippen molar-refractivity contribution in [3.05, 3.63) is 11.6 Å². The van der Waals surface area contributed by atoms with Crippen LogP contribution in [-0.4, -0.2) is 13.2 Å². The Labute approximate surface area is 50.3 Å². The second kappa shape index (κ2) is 2.31. The molecule has 0 atom stereocenters. The molecule has 8 heavy (non-hydrogen) atoms. The van der Waals surface area contributed by atoms with E-state index in [1.807, 2.05) is 0 Å². The fourth-order valence-electron chi connectivity index (χ4n) is 0.804. The zero-order valence-corrected chi connectivity index (χ0v) is 5.48. The molecule has 1 aliphatic rings. The molecular weight excluding hydrogens is 100 g/mol. The van der Waals surface area contributed by atoms with Crippen molar-refractivity contribution in [2.24, 2.45) is 5.92 Å². The quantitative estimate of drug-likeness (QED) is 0.468. The predicted molar refractivity (Wildman–Crippen MR) is 33.7 cm³/mol. The Kier molecular flexibility index (Phi) is 1.69. The fourth-order valence-corrected chi connectivity index (χ4v) is 0.804. The third-order valence-corrected chi connectivity index (χ3v) is 1.47. The van der Waals surface area contributed by atoms with Gasteiger partial charge in [0.15, 0.2) is 0 Å². The molecule has 0 saturated heterocycles. The third kappa shape index (κ3) is 1.10. The molecule has 46 valence electrons. The minimum absolute atomic E-state index is 0.678. The Morgan fingerprint density at radius 3 is 2.62 bits per heavy atom. The van der Waals surface area contributed by atoms with E-state index in [0.29, 0.717) is 5.92 Å². The Bertz CT molecular complexity index is 103. The van der Waals surface area contributed by atoms with Gasteiger partial charge >= 0.3 is 0 Å². The van der Waals surface area contributed by atoms with E-state index in [2.05, 4.69) is 19.9 Å². The normalized spacial score (nSPS) is 19.6. The second-order valence-electron chi connectivity index (χ2n) is 2.45. The molecule has 1 nitrogen and oxygen atoms in total. The summed E-state index contributed by atoms with van der Waals surface area (Å²) in [6.45, 7) is 6.08.